The first-order chi connectivity index (χ1) is 7.16. The summed E-state index contributed by atoms with van der Waals surface area (Å²) in [7, 11) is 4.23. The maximum atomic E-state index is 6.04. The van der Waals surface area contributed by atoms with Crippen molar-refractivity contribution < 1.29 is 0 Å². The van der Waals surface area contributed by atoms with E-state index < -0.39 is 0 Å². The molecule has 0 radical (unpaired) electrons. The van der Waals surface area contributed by atoms with Crippen LogP contribution in [0, 0.1) is 0 Å². The van der Waals surface area contributed by atoms with Gasteiger partial charge in [0.25, 0.3) is 0 Å². The Morgan fingerprint density at radius 2 is 2.13 bits per heavy atom. The number of likely N-dealkylation sites (N-methyl/N-ethyl adjacent to an activating group) is 1. The highest BCUT2D eigenvalue weighted by Crippen LogP contribution is 2.25. The summed E-state index contributed by atoms with van der Waals surface area (Å²) in [4.78, 5) is 9.05. The monoisotopic (exact) mass is 210 g/mol. The second kappa shape index (κ2) is 4.39. The molecule has 1 heterocycles. The van der Waals surface area contributed by atoms with E-state index in [9.17, 15) is 0 Å². The molecule has 1 aliphatic carbocycles. The van der Waals surface area contributed by atoms with Crippen molar-refractivity contribution in [2.75, 3.05) is 27.2 Å². The van der Waals surface area contributed by atoms with E-state index >= 15 is 0 Å². The third kappa shape index (κ3) is 2.84. The van der Waals surface area contributed by atoms with E-state index in [0.29, 0.717) is 12.1 Å². The van der Waals surface area contributed by atoms with Crippen molar-refractivity contribution in [3.8, 4) is 0 Å². The van der Waals surface area contributed by atoms with Gasteiger partial charge in [0, 0.05) is 19.1 Å². The number of hydrogen-bond donors (Lipinski definition) is 1. The van der Waals surface area contributed by atoms with Gasteiger partial charge in [-0.2, -0.15) is 0 Å². The molecule has 2 fully saturated rings. The standard InChI is InChI=1S/C11H22N4/c1-14(2)8-10-4-3-7-15(10)11(12)13-9-5-6-9/h9-10H,3-8H2,1-2H3,(H2,12,13). The predicted octanol–water partition coefficient (Wildman–Crippen LogP) is 0.490. The molecule has 0 aromatic rings. The first kappa shape index (κ1) is 10.7. The van der Waals surface area contributed by atoms with Crippen LogP contribution in [0.5, 0.6) is 0 Å². The molecule has 15 heavy (non-hydrogen) atoms. The molecule has 2 N–H and O–H groups in total. The fourth-order valence-corrected chi connectivity index (χ4v) is 2.21. The number of rotatable bonds is 3. The Morgan fingerprint density at radius 1 is 1.40 bits per heavy atom. The number of aliphatic imine (C=N–C) groups is 1. The summed E-state index contributed by atoms with van der Waals surface area (Å²) < 4.78 is 0. The molecule has 1 saturated carbocycles. The Bertz CT molecular complexity index is 245. The van der Waals surface area contributed by atoms with Gasteiger partial charge in [-0.05, 0) is 39.8 Å². The van der Waals surface area contributed by atoms with Crippen molar-refractivity contribution in [1.29, 1.82) is 0 Å². The van der Waals surface area contributed by atoms with Gasteiger partial charge in [-0.3, -0.25) is 0 Å². The predicted molar refractivity (Wildman–Crippen MR) is 62.9 cm³/mol. The normalized spacial score (nSPS) is 27.8. The molecule has 2 aliphatic rings. The van der Waals surface area contributed by atoms with E-state index in [2.05, 4.69) is 28.9 Å². The van der Waals surface area contributed by atoms with Crippen LogP contribution in [0.25, 0.3) is 0 Å². The van der Waals surface area contributed by atoms with Crippen LogP contribution in [0.3, 0.4) is 0 Å². The van der Waals surface area contributed by atoms with Crippen molar-refractivity contribution >= 4 is 5.96 Å². The number of nitrogens with two attached hydrogens (primary N) is 1. The van der Waals surface area contributed by atoms with Crippen molar-refractivity contribution in [2.24, 2.45) is 10.7 Å². The first-order valence-corrected chi connectivity index (χ1v) is 5.91. The summed E-state index contributed by atoms with van der Waals surface area (Å²) in [5.74, 6) is 0.779. The fraction of sp³-hybridized carbons (Fsp3) is 0.909. The van der Waals surface area contributed by atoms with Gasteiger partial charge in [-0.1, -0.05) is 0 Å². The molecule has 1 unspecified atom stereocenters. The van der Waals surface area contributed by atoms with Crippen LogP contribution < -0.4 is 5.73 Å². The van der Waals surface area contributed by atoms with Crippen LogP contribution in [-0.2, 0) is 0 Å². The van der Waals surface area contributed by atoms with E-state index in [1.807, 2.05) is 0 Å². The van der Waals surface area contributed by atoms with Gasteiger partial charge in [-0.15, -0.1) is 0 Å². The second-order valence-corrected chi connectivity index (χ2v) is 4.97. The lowest BCUT2D eigenvalue weighted by Gasteiger charge is -2.27. The zero-order chi connectivity index (χ0) is 10.8. The topological polar surface area (TPSA) is 44.9 Å². The highest BCUT2D eigenvalue weighted by atomic mass is 15.3. The van der Waals surface area contributed by atoms with Crippen molar-refractivity contribution in [3.05, 3.63) is 0 Å². The molecular formula is C11H22N4. The Balaban J connectivity index is 1.93. The van der Waals surface area contributed by atoms with Crippen LogP contribution in [0.2, 0.25) is 0 Å². The summed E-state index contributed by atoms with van der Waals surface area (Å²) >= 11 is 0. The smallest absolute Gasteiger partial charge is 0.191 e. The second-order valence-electron chi connectivity index (χ2n) is 4.97. The maximum absolute atomic E-state index is 6.04. The molecule has 0 aromatic heterocycles. The Morgan fingerprint density at radius 3 is 2.73 bits per heavy atom. The molecule has 0 aromatic carbocycles. The third-order valence-electron chi connectivity index (χ3n) is 3.11. The molecule has 0 amide bonds. The van der Waals surface area contributed by atoms with Crippen LogP contribution in [-0.4, -0.2) is 55.0 Å². The molecule has 4 nitrogen and oxygen atoms in total. The summed E-state index contributed by atoms with van der Waals surface area (Å²) in [6.07, 6.45) is 4.96. The molecule has 0 bridgehead atoms. The van der Waals surface area contributed by atoms with Gasteiger partial charge >= 0.3 is 0 Å². The van der Waals surface area contributed by atoms with Gasteiger partial charge in [0.1, 0.15) is 0 Å². The maximum Gasteiger partial charge on any atom is 0.191 e. The lowest BCUT2D eigenvalue weighted by Crippen LogP contribution is -2.45. The average molecular weight is 210 g/mol. The van der Waals surface area contributed by atoms with Crippen molar-refractivity contribution in [1.82, 2.24) is 9.80 Å². The molecule has 2 rings (SSSR count). The third-order valence-corrected chi connectivity index (χ3v) is 3.11. The van der Waals surface area contributed by atoms with E-state index in [1.54, 1.807) is 0 Å². The number of nitrogens with zero attached hydrogens (tertiary/aromatic N) is 3. The van der Waals surface area contributed by atoms with E-state index in [4.69, 9.17) is 5.73 Å². The van der Waals surface area contributed by atoms with E-state index in [1.165, 1.54) is 25.7 Å². The molecule has 1 atom stereocenters. The Labute approximate surface area is 92.1 Å². The van der Waals surface area contributed by atoms with Crippen LogP contribution in [0.1, 0.15) is 25.7 Å². The van der Waals surface area contributed by atoms with Crippen molar-refractivity contribution in [2.45, 2.75) is 37.8 Å². The minimum Gasteiger partial charge on any atom is -0.370 e. The summed E-state index contributed by atoms with van der Waals surface area (Å²) in [6.45, 7) is 2.17. The highest BCUT2D eigenvalue weighted by Gasteiger charge is 2.28. The minimum absolute atomic E-state index is 0.533. The van der Waals surface area contributed by atoms with Gasteiger partial charge in [-0.25, -0.2) is 4.99 Å². The summed E-state index contributed by atoms with van der Waals surface area (Å²) in [6, 6.07) is 1.10. The molecule has 0 spiro atoms. The fourth-order valence-electron chi connectivity index (χ4n) is 2.21. The van der Waals surface area contributed by atoms with Crippen LogP contribution in [0.4, 0.5) is 0 Å². The molecule has 1 aliphatic heterocycles. The van der Waals surface area contributed by atoms with Crippen molar-refractivity contribution in [3.63, 3.8) is 0 Å². The van der Waals surface area contributed by atoms with Gasteiger partial charge < -0.3 is 15.5 Å². The average Bonchev–Trinajstić information content (AvgIpc) is 2.83. The largest absolute Gasteiger partial charge is 0.370 e. The zero-order valence-corrected chi connectivity index (χ0v) is 9.82. The lowest BCUT2D eigenvalue weighted by atomic mass is 10.2. The molecular weight excluding hydrogens is 188 g/mol. The summed E-state index contributed by atoms with van der Waals surface area (Å²) in [5, 5.41) is 0. The summed E-state index contributed by atoms with van der Waals surface area (Å²) in [5.41, 5.74) is 6.04. The Kier molecular flexibility index (Phi) is 3.14. The minimum atomic E-state index is 0.533. The highest BCUT2D eigenvalue weighted by molar-refractivity contribution is 5.79. The van der Waals surface area contributed by atoms with Crippen LogP contribution in [0.15, 0.2) is 4.99 Å². The zero-order valence-electron chi connectivity index (χ0n) is 9.82. The van der Waals surface area contributed by atoms with E-state index in [-0.39, 0.29) is 0 Å². The van der Waals surface area contributed by atoms with Crippen LogP contribution >= 0.6 is 0 Å². The number of guanidine groups is 1. The lowest BCUT2D eigenvalue weighted by molar-refractivity contribution is 0.283. The molecule has 4 heteroatoms. The molecule has 1 saturated heterocycles. The van der Waals surface area contributed by atoms with Gasteiger partial charge in [0.15, 0.2) is 5.96 Å². The van der Waals surface area contributed by atoms with E-state index in [0.717, 1.165) is 19.0 Å². The number of hydrogen-bond acceptors (Lipinski definition) is 2. The first-order valence-electron chi connectivity index (χ1n) is 5.91. The Hall–Kier alpha value is -0.770. The molecule has 86 valence electrons. The van der Waals surface area contributed by atoms with Gasteiger partial charge in [0.05, 0.1) is 6.04 Å². The number of likely N-dealkylation sites (tertiary alicyclic amines) is 1. The van der Waals surface area contributed by atoms with Gasteiger partial charge in [0.2, 0.25) is 0 Å². The quantitative estimate of drug-likeness (QED) is 0.544. The SMILES string of the molecule is CN(C)CC1CCCN1C(N)=NC1CC1.